The molecular weight excluding hydrogens is 203 g/mol. The number of esters is 2. The third-order valence-electron chi connectivity index (χ3n) is 1.61. The van der Waals surface area contributed by atoms with Crippen LogP contribution in [-0.2, 0) is 25.7 Å². The van der Waals surface area contributed by atoms with E-state index in [-0.39, 0.29) is 6.61 Å². The first kappa shape index (κ1) is 11.2. The Morgan fingerprint density at radius 2 is 2.07 bits per heavy atom. The molecule has 0 bridgehead atoms. The minimum absolute atomic E-state index is 0.161. The van der Waals surface area contributed by atoms with Gasteiger partial charge in [-0.2, -0.15) is 0 Å². The summed E-state index contributed by atoms with van der Waals surface area (Å²) in [5.41, 5.74) is 0.465. The van der Waals surface area contributed by atoms with Gasteiger partial charge in [0, 0.05) is 0 Å². The van der Waals surface area contributed by atoms with Gasteiger partial charge in [-0.15, -0.1) is 0 Å². The second-order valence-electron chi connectivity index (χ2n) is 2.70. The van der Waals surface area contributed by atoms with Crippen LogP contribution in [0.3, 0.4) is 0 Å². The number of methoxy groups -OCH3 is 1. The lowest BCUT2D eigenvalue weighted by Gasteiger charge is -2.02. The average molecular weight is 212 g/mol. The van der Waals surface area contributed by atoms with Crippen LogP contribution in [-0.4, -0.2) is 19.0 Å². The van der Waals surface area contributed by atoms with Crippen molar-refractivity contribution in [3.05, 3.63) is 35.6 Å². The molecule has 5 heteroatoms. The second kappa shape index (κ2) is 5.09. The fourth-order valence-corrected chi connectivity index (χ4v) is 0.918. The molecule has 0 amide bonds. The lowest BCUT2D eigenvalue weighted by Crippen LogP contribution is -2.18. The molecule has 0 aliphatic carbocycles. The Hall–Kier alpha value is -1.91. The molecule has 80 valence electrons. The highest BCUT2D eigenvalue weighted by molar-refractivity contribution is 6.29. The summed E-state index contributed by atoms with van der Waals surface area (Å²) in [6.45, 7) is -0.161. The van der Waals surface area contributed by atoms with Gasteiger partial charge in [-0.3, -0.25) is 0 Å². The van der Waals surface area contributed by atoms with Crippen molar-refractivity contribution in [2.24, 2.45) is 0 Å². The molecule has 15 heavy (non-hydrogen) atoms. The summed E-state index contributed by atoms with van der Waals surface area (Å²) in [7, 11) is 1.08. The zero-order valence-electron chi connectivity index (χ0n) is 8.03. The van der Waals surface area contributed by atoms with Crippen LogP contribution in [0.4, 0.5) is 4.39 Å². The maximum absolute atomic E-state index is 12.7. The van der Waals surface area contributed by atoms with Gasteiger partial charge in [0.05, 0.1) is 7.11 Å². The number of hydrogen-bond acceptors (Lipinski definition) is 4. The third kappa shape index (κ3) is 3.38. The molecular formula is C10H9FO4. The van der Waals surface area contributed by atoms with Crippen LogP contribution in [0.5, 0.6) is 0 Å². The van der Waals surface area contributed by atoms with E-state index in [1.54, 1.807) is 6.07 Å². The minimum atomic E-state index is -1.10. The lowest BCUT2D eigenvalue weighted by molar-refractivity contribution is -0.166. The van der Waals surface area contributed by atoms with E-state index in [2.05, 4.69) is 9.47 Å². The first-order valence-corrected chi connectivity index (χ1v) is 4.13. The SMILES string of the molecule is COC(=O)C(=O)OCc1cccc(F)c1. The van der Waals surface area contributed by atoms with E-state index < -0.39 is 17.8 Å². The molecule has 0 atom stereocenters. The number of benzene rings is 1. The van der Waals surface area contributed by atoms with Crippen molar-refractivity contribution in [1.82, 2.24) is 0 Å². The van der Waals surface area contributed by atoms with Gasteiger partial charge in [0.2, 0.25) is 0 Å². The van der Waals surface area contributed by atoms with E-state index in [9.17, 15) is 14.0 Å². The van der Waals surface area contributed by atoms with Gasteiger partial charge >= 0.3 is 11.9 Å². The first-order chi connectivity index (χ1) is 7.13. The van der Waals surface area contributed by atoms with Crippen molar-refractivity contribution in [3.63, 3.8) is 0 Å². The van der Waals surface area contributed by atoms with Crippen molar-refractivity contribution in [2.75, 3.05) is 7.11 Å². The summed E-state index contributed by atoms with van der Waals surface area (Å²) < 4.78 is 21.4. The Balaban J connectivity index is 2.50. The highest BCUT2D eigenvalue weighted by Gasteiger charge is 2.15. The molecule has 0 aliphatic rings. The smallest absolute Gasteiger partial charge is 0.417 e. The van der Waals surface area contributed by atoms with E-state index in [4.69, 9.17) is 0 Å². The normalized spacial score (nSPS) is 9.47. The molecule has 4 nitrogen and oxygen atoms in total. The molecule has 1 rings (SSSR count). The number of carbonyl (C=O) groups excluding carboxylic acids is 2. The van der Waals surface area contributed by atoms with Crippen LogP contribution >= 0.6 is 0 Å². The Morgan fingerprint density at radius 1 is 1.33 bits per heavy atom. The van der Waals surface area contributed by atoms with Crippen LogP contribution in [0, 0.1) is 5.82 Å². The number of rotatable bonds is 2. The molecule has 0 radical (unpaired) electrons. The Morgan fingerprint density at radius 3 is 2.67 bits per heavy atom. The zero-order chi connectivity index (χ0) is 11.3. The summed E-state index contributed by atoms with van der Waals surface area (Å²) in [5.74, 6) is -2.60. The predicted octanol–water partition coefficient (Wildman–Crippen LogP) is 1.04. The summed E-state index contributed by atoms with van der Waals surface area (Å²) in [6.07, 6.45) is 0. The van der Waals surface area contributed by atoms with Gasteiger partial charge < -0.3 is 9.47 Å². The number of hydrogen-bond donors (Lipinski definition) is 0. The van der Waals surface area contributed by atoms with Gasteiger partial charge in [-0.05, 0) is 17.7 Å². The number of halogens is 1. The van der Waals surface area contributed by atoms with Crippen molar-refractivity contribution < 1.29 is 23.5 Å². The van der Waals surface area contributed by atoms with Crippen LogP contribution in [0.15, 0.2) is 24.3 Å². The van der Waals surface area contributed by atoms with Gasteiger partial charge in [-0.1, -0.05) is 12.1 Å². The summed E-state index contributed by atoms with van der Waals surface area (Å²) in [5, 5.41) is 0. The number of carbonyl (C=O) groups is 2. The first-order valence-electron chi connectivity index (χ1n) is 4.13. The zero-order valence-corrected chi connectivity index (χ0v) is 8.03. The van der Waals surface area contributed by atoms with Gasteiger partial charge in [0.1, 0.15) is 12.4 Å². The Bertz CT molecular complexity index is 375. The van der Waals surface area contributed by atoms with Crippen molar-refractivity contribution in [2.45, 2.75) is 6.61 Å². The number of ether oxygens (including phenoxy) is 2. The highest BCUT2D eigenvalue weighted by Crippen LogP contribution is 2.05. The largest absolute Gasteiger partial charge is 0.461 e. The van der Waals surface area contributed by atoms with Gasteiger partial charge in [0.25, 0.3) is 0 Å². The van der Waals surface area contributed by atoms with Gasteiger partial charge in [-0.25, -0.2) is 14.0 Å². The molecule has 1 aromatic rings. The average Bonchev–Trinajstić information content (AvgIpc) is 2.25. The van der Waals surface area contributed by atoms with Crippen LogP contribution in [0.2, 0.25) is 0 Å². The monoisotopic (exact) mass is 212 g/mol. The molecule has 1 aromatic carbocycles. The van der Waals surface area contributed by atoms with E-state index >= 15 is 0 Å². The Labute approximate surface area is 85.6 Å². The summed E-state index contributed by atoms with van der Waals surface area (Å²) in [4.78, 5) is 21.5. The van der Waals surface area contributed by atoms with Crippen LogP contribution in [0.25, 0.3) is 0 Å². The van der Waals surface area contributed by atoms with Crippen molar-refractivity contribution in [1.29, 1.82) is 0 Å². The molecule has 0 saturated carbocycles. The van der Waals surface area contributed by atoms with Crippen LogP contribution < -0.4 is 0 Å². The molecule has 0 aromatic heterocycles. The fraction of sp³-hybridized carbons (Fsp3) is 0.200. The van der Waals surface area contributed by atoms with E-state index in [0.29, 0.717) is 5.56 Å². The maximum Gasteiger partial charge on any atom is 0.417 e. The summed E-state index contributed by atoms with van der Waals surface area (Å²) in [6, 6.07) is 5.54. The maximum atomic E-state index is 12.7. The Kier molecular flexibility index (Phi) is 3.79. The molecule has 0 N–H and O–H groups in total. The fourth-order valence-electron chi connectivity index (χ4n) is 0.918. The molecule has 0 saturated heterocycles. The van der Waals surface area contributed by atoms with Crippen molar-refractivity contribution in [3.8, 4) is 0 Å². The molecule has 0 unspecified atom stereocenters. The second-order valence-corrected chi connectivity index (χ2v) is 2.70. The van der Waals surface area contributed by atoms with E-state index in [0.717, 1.165) is 7.11 Å². The topological polar surface area (TPSA) is 52.6 Å². The summed E-state index contributed by atoms with van der Waals surface area (Å²) >= 11 is 0. The molecule has 0 spiro atoms. The van der Waals surface area contributed by atoms with Crippen molar-refractivity contribution >= 4 is 11.9 Å². The molecule has 0 fully saturated rings. The predicted molar refractivity (Wildman–Crippen MR) is 48.2 cm³/mol. The van der Waals surface area contributed by atoms with Crippen LogP contribution in [0.1, 0.15) is 5.56 Å². The van der Waals surface area contributed by atoms with E-state index in [1.165, 1.54) is 18.2 Å². The quantitative estimate of drug-likeness (QED) is 0.543. The lowest BCUT2D eigenvalue weighted by atomic mass is 10.2. The molecule has 0 aliphatic heterocycles. The van der Waals surface area contributed by atoms with Gasteiger partial charge in [0.15, 0.2) is 0 Å². The minimum Gasteiger partial charge on any atom is -0.461 e. The molecule has 0 heterocycles. The standard InChI is InChI=1S/C10H9FO4/c1-14-9(12)10(13)15-6-7-3-2-4-8(11)5-7/h2-5H,6H2,1H3. The highest BCUT2D eigenvalue weighted by atomic mass is 19.1. The van der Waals surface area contributed by atoms with E-state index in [1.807, 2.05) is 0 Å². The third-order valence-corrected chi connectivity index (χ3v) is 1.61.